The molecule has 1 rings (SSSR count). The molecule has 0 aliphatic rings. The summed E-state index contributed by atoms with van der Waals surface area (Å²) in [4.78, 5) is 25.4. The highest BCUT2D eigenvalue weighted by Crippen LogP contribution is 2.21. The number of esters is 2. The first-order valence-electron chi connectivity index (χ1n) is 12.9. The number of rotatable bonds is 16. The maximum absolute atomic E-state index is 12.7. The Morgan fingerprint density at radius 1 is 0.625 bits per heavy atom. The highest BCUT2D eigenvalue weighted by Gasteiger charge is 2.20. The molecule has 0 amide bonds. The zero-order valence-electron chi connectivity index (χ0n) is 21.3. The lowest BCUT2D eigenvalue weighted by atomic mass is 9.95. The fourth-order valence-electron chi connectivity index (χ4n) is 4.14. The Hall–Kier alpha value is -1.84. The van der Waals surface area contributed by atoms with Crippen LogP contribution < -0.4 is 0 Å². The third kappa shape index (κ3) is 9.75. The molecule has 0 saturated heterocycles. The second-order valence-corrected chi connectivity index (χ2v) is 8.97. The summed E-state index contributed by atoms with van der Waals surface area (Å²) in [7, 11) is 0. The number of carbonyl (C=O) groups is 2. The summed E-state index contributed by atoms with van der Waals surface area (Å²) in [6.07, 6.45) is 9.92. The van der Waals surface area contributed by atoms with Gasteiger partial charge >= 0.3 is 11.9 Å². The number of hydrogen-bond donors (Lipinski definition) is 0. The van der Waals surface area contributed by atoms with Gasteiger partial charge in [-0.3, -0.25) is 0 Å². The van der Waals surface area contributed by atoms with Gasteiger partial charge in [-0.1, -0.05) is 73.3 Å². The quantitative estimate of drug-likeness (QED) is 0.241. The molecule has 1 aromatic rings. The van der Waals surface area contributed by atoms with E-state index in [-0.39, 0.29) is 24.1 Å². The molecule has 32 heavy (non-hydrogen) atoms. The lowest BCUT2D eigenvalue weighted by Crippen LogP contribution is -2.20. The molecule has 0 aromatic heterocycles. The van der Waals surface area contributed by atoms with Gasteiger partial charge in [-0.2, -0.15) is 0 Å². The van der Waals surface area contributed by atoms with Crippen molar-refractivity contribution in [1.29, 1.82) is 0 Å². The summed E-state index contributed by atoms with van der Waals surface area (Å²) in [5.74, 6) is 0.628. The lowest BCUT2D eigenvalue weighted by molar-refractivity contribution is 0.0255. The molecule has 1 aromatic carbocycles. The lowest BCUT2D eigenvalue weighted by Gasteiger charge is -2.20. The molecule has 0 saturated carbocycles. The van der Waals surface area contributed by atoms with Gasteiger partial charge in [0.05, 0.1) is 11.1 Å². The Morgan fingerprint density at radius 3 is 1.31 bits per heavy atom. The largest absolute Gasteiger partial charge is 0.459 e. The molecule has 2 unspecified atom stereocenters. The maximum atomic E-state index is 12.7. The van der Waals surface area contributed by atoms with Crippen LogP contribution >= 0.6 is 0 Å². The minimum absolute atomic E-state index is 0.0896. The summed E-state index contributed by atoms with van der Waals surface area (Å²) in [5, 5.41) is 0. The molecule has 4 nitrogen and oxygen atoms in total. The molecule has 0 fully saturated rings. The van der Waals surface area contributed by atoms with Crippen LogP contribution in [0.2, 0.25) is 0 Å². The van der Waals surface area contributed by atoms with E-state index in [1.807, 2.05) is 13.8 Å². The molecule has 0 spiro atoms. The number of benzene rings is 1. The second-order valence-electron chi connectivity index (χ2n) is 8.97. The predicted molar refractivity (Wildman–Crippen MR) is 132 cm³/mol. The van der Waals surface area contributed by atoms with Gasteiger partial charge < -0.3 is 9.47 Å². The third-order valence-corrected chi connectivity index (χ3v) is 6.90. The van der Waals surface area contributed by atoms with E-state index in [1.54, 1.807) is 24.3 Å². The molecule has 0 aliphatic heterocycles. The Kier molecular flexibility index (Phi) is 14.0. The first-order chi connectivity index (χ1) is 15.4. The molecule has 0 heterocycles. The van der Waals surface area contributed by atoms with E-state index in [0.29, 0.717) is 23.0 Å². The normalized spacial score (nSPS) is 13.2. The minimum atomic E-state index is -0.364. The Bertz CT molecular complexity index is 608. The van der Waals surface area contributed by atoms with E-state index >= 15 is 0 Å². The summed E-state index contributed by atoms with van der Waals surface area (Å²) in [6, 6.07) is 6.74. The predicted octanol–water partition coefficient (Wildman–Crippen LogP) is 7.99. The van der Waals surface area contributed by atoms with Crippen LogP contribution in [-0.4, -0.2) is 24.1 Å². The van der Waals surface area contributed by atoms with Crippen molar-refractivity contribution in [2.45, 2.75) is 118 Å². The SMILES string of the molecule is CCC(CC)CCC(CC)OC(=O)c1cccc(C(=O)OC(CC)CCC(CC)CC)c1. The molecular formula is C28H46O4. The average Bonchev–Trinajstić information content (AvgIpc) is 2.83. The van der Waals surface area contributed by atoms with Gasteiger partial charge in [-0.15, -0.1) is 0 Å². The zero-order chi connectivity index (χ0) is 23.9. The van der Waals surface area contributed by atoms with Crippen LogP contribution in [0.15, 0.2) is 24.3 Å². The number of hydrogen-bond acceptors (Lipinski definition) is 4. The van der Waals surface area contributed by atoms with E-state index in [0.717, 1.165) is 64.2 Å². The fourth-order valence-corrected chi connectivity index (χ4v) is 4.14. The van der Waals surface area contributed by atoms with Crippen molar-refractivity contribution < 1.29 is 19.1 Å². The Morgan fingerprint density at radius 2 is 1.00 bits per heavy atom. The third-order valence-electron chi connectivity index (χ3n) is 6.90. The van der Waals surface area contributed by atoms with Crippen molar-refractivity contribution >= 4 is 11.9 Å². The first kappa shape index (κ1) is 28.2. The summed E-state index contributed by atoms with van der Waals surface area (Å²) >= 11 is 0. The molecule has 0 bridgehead atoms. The Balaban J connectivity index is 2.71. The van der Waals surface area contributed by atoms with Gasteiger partial charge in [0.25, 0.3) is 0 Å². The molecule has 0 N–H and O–H groups in total. The van der Waals surface area contributed by atoms with Crippen LogP contribution in [-0.2, 0) is 9.47 Å². The molecular weight excluding hydrogens is 400 g/mol. The highest BCUT2D eigenvalue weighted by molar-refractivity contribution is 5.95. The zero-order valence-corrected chi connectivity index (χ0v) is 21.3. The summed E-state index contributed by atoms with van der Waals surface area (Å²) < 4.78 is 11.5. The molecule has 182 valence electrons. The van der Waals surface area contributed by atoms with Crippen LogP contribution in [0.3, 0.4) is 0 Å². The van der Waals surface area contributed by atoms with Gasteiger partial charge in [0.2, 0.25) is 0 Å². The van der Waals surface area contributed by atoms with E-state index in [2.05, 4.69) is 27.7 Å². The average molecular weight is 447 g/mol. The first-order valence-corrected chi connectivity index (χ1v) is 12.9. The van der Waals surface area contributed by atoms with E-state index in [9.17, 15) is 9.59 Å². The maximum Gasteiger partial charge on any atom is 0.338 e. The van der Waals surface area contributed by atoms with Crippen LogP contribution in [0.5, 0.6) is 0 Å². The van der Waals surface area contributed by atoms with Crippen molar-refractivity contribution in [3.05, 3.63) is 35.4 Å². The van der Waals surface area contributed by atoms with E-state index in [4.69, 9.17) is 9.47 Å². The fraction of sp³-hybridized carbons (Fsp3) is 0.714. The molecule has 2 atom stereocenters. The number of ether oxygens (including phenoxy) is 2. The standard InChI is InChI=1S/C28H46O4/c1-7-21(8-2)16-18-25(11-5)31-27(29)23-14-13-15-24(20-23)28(30)32-26(12-6)19-17-22(9-3)10-4/h13-15,20-22,25-26H,7-12,16-19H2,1-6H3. The van der Waals surface area contributed by atoms with Crippen molar-refractivity contribution in [3.8, 4) is 0 Å². The second kappa shape index (κ2) is 15.9. The van der Waals surface area contributed by atoms with Crippen molar-refractivity contribution in [3.63, 3.8) is 0 Å². The van der Waals surface area contributed by atoms with E-state index < -0.39 is 0 Å². The Labute approximate surface area is 196 Å². The van der Waals surface area contributed by atoms with Gasteiger partial charge in [-0.05, 0) is 68.6 Å². The van der Waals surface area contributed by atoms with Crippen molar-refractivity contribution in [2.24, 2.45) is 11.8 Å². The van der Waals surface area contributed by atoms with Crippen LogP contribution in [0.25, 0.3) is 0 Å². The molecule has 0 radical (unpaired) electrons. The number of carbonyl (C=O) groups excluding carboxylic acids is 2. The molecule has 4 heteroatoms. The summed E-state index contributed by atoms with van der Waals surface area (Å²) in [5.41, 5.74) is 0.816. The topological polar surface area (TPSA) is 52.6 Å². The summed E-state index contributed by atoms with van der Waals surface area (Å²) in [6.45, 7) is 12.9. The van der Waals surface area contributed by atoms with Crippen LogP contribution in [0, 0.1) is 11.8 Å². The van der Waals surface area contributed by atoms with Crippen LogP contribution in [0.4, 0.5) is 0 Å². The van der Waals surface area contributed by atoms with Gasteiger partial charge in [0.15, 0.2) is 0 Å². The highest BCUT2D eigenvalue weighted by atomic mass is 16.5. The molecule has 0 aliphatic carbocycles. The monoisotopic (exact) mass is 446 g/mol. The van der Waals surface area contributed by atoms with E-state index in [1.165, 1.54) is 0 Å². The van der Waals surface area contributed by atoms with Gasteiger partial charge in [-0.25, -0.2) is 9.59 Å². The van der Waals surface area contributed by atoms with Crippen molar-refractivity contribution in [1.82, 2.24) is 0 Å². The van der Waals surface area contributed by atoms with Crippen molar-refractivity contribution in [2.75, 3.05) is 0 Å². The van der Waals surface area contributed by atoms with Crippen LogP contribution in [0.1, 0.15) is 126 Å². The van der Waals surface area contributed by atoms with Gasteiger partial charge in [0.1, 0.15) is 12.2 Å². The van der Waals surface area contributed by atoms with Gasteiger partial charge in [0, 0.05) is 0 Å². The smallest absolute Gasteiger partial charge is 0.338 e. The minimum Gasteiger partial charge on any atom is -0.459 e.